The van der Waals surface area contributed by atoms with E-state index in [2.05, 4.69) is 9.68 Å². The van der Waals surface area contributed by atoms with Crippen LogP contribution < -0.4 is 0 Å². The van der Waals surface area contributed by atoms with Gasteiger partial charge < -0.3 is 15.3 Å². The Kier molecular flexibility index (Phi) is 4.48. The van der Waals surface area contributed by atoms with Gasteiger partial charge >= 0.3 is 0 Å². The molecule has 82 valence electrons. The maximum Gasteiger partial charge on any atom is 0.297 e. The van der Waals surface area contributed by atoms with E-state index in [-0.39, 0.29) is 0 Å². The zero-order valence-corrected chi connectivity index (χ0v) is 6.42. The van der Waals surface area contributed by atoms with Gasteiger partial charge in [0.2, 0.25) is 12.6 Å². The summed E-state index contributed by atoms with van der Waals surface area (Å²) >= 11 is 0. The van der Waals surface area contributed by atoms with E-state index in [0.29, 0.717) is 0 Å². The van der Waals surface area contributed by atoms with E-state index in [1.54, 1.807) is 0 Å². The van der Waals surface area contributed by atoms with Gasteiger partial charge in [0.05, 0.1) is 0 Å². The Hall–Kier alpha value is -1.72. The van der Waals surface area contributed by atoms with Crippen molar-refractivity contribution in [1.29, 1.82) is 0 Å². The second kappa shape index (κ2) is 5.11. The molecule has 0 spiro atoms. The molecule has 2 atom stereocenters. The van der Waals surface area contributed by atoms with Crippen LogP contribution in [0.1, 0.15) is 0 Å². The van der Waals surface area contributed by atoms with Crippen LogP contribution in [0.15, 0.2) is 0 Å². The van der Waals surface area contributed by atoms with E-state index >= 15 is 0 Å². The zero-order valence-electron chi connectivity index (χ0n) is 6.42. The second-order valence-corrected chi connectivity index (χ2v) is 1.93. The van der Waals surface area contributed by atoms with Crippen LogP contribution in [0.3, 0.4) is 0 Å². The first kappa shape index (κ1) is 12.3. The summed E-state index contributed by atoms with van der Waals surface area (Å²) in [6.07, 6.45) is -7.23. The minimum Gasteiger partial charge on any atom is -0.383 e. The van der Waals surface area contributed by atoms with Crippen LogP contribution in [0, 0.1) is 20.2 Å². The lowest BCUT2D eigenvalue weighted by atomic mass is 10.3. The van der Waals surface area contributed by atoms with E-state index in [1.807, 2.05) is 0 Å². The highest BCUT2D eigenvalue weighted by atomic mass is 17.0. The summed E-state index contributed by atoms with van der Waals surface area (Å²) < 4.78 is 0. The van der Waals surface area contributed by atoms with Gasteiger partial charge in [0.15, 0.2) is 6.10 Å². The lowest BCUT2D eigenvalue weighted by molar-refractivity contribution is -0.797. The van der Waals surface area contributed by atoms with Gasteiger partial charge in [0.25, 0.3) is 10.2 Å². The highest BCUT2D eigenvalue weighted by Gasteiger charge is 2.30. The maximum atomic E-state index is 9.61. The minimum atomic E-state index is -2.44. The molecule has 0 fully saturated rings. The average molecular weight is 214 g/mol. The number of hydrogen-bond acceptors (Lipinski definition) is 9. The molecule has 0 heterocycles. The van der Waals surface area contributed by atoms with Gasteiger partial charge in [-0.2, -0.15) is 0 Å². The Morgan fingerprint density at radius 3 is 1.43 bits per heavy atom. The molecular weight excluding hydrogens is 208 g/mol. The lowest BCUT2D eigenvalue weighted by Gasteiger charge is -2.18. The van der Waals surface area contributed by atoms with Crippen LogP contribution in [-0.2, 0) is 9.68 Å². The predicted octanol–water partition coefficient (Wildman–Crippen LogP) is -2.60. The molecule has 0 bridgehead atoms. The number of nitrogens with zero attached hydrogens (tertiary/aromatic N) is 2. The van der Waals surface area contributed by atoms with E-state index in [0.717, 1.165) is 0 Å². The first-order chi connectivity index (χ1) is 6.34. The van der Waals surface area contributed by atoms with Crippen LogP contribution in [0.4, 0.5) is 0 Å². The molecule has 2 unspecified atom stereocenters. The predicted molar refractivity (Wildman–Crippen MR) is 34.2 cm³/mol. The summed E-state index contributed by atoms with van der Waals surface area (Å²) in [7, 11) is 0. The highest BCUT2D eigenvalue weighted by molar-refractivity contribution is 4.58. The minimum absolute atomic E-state index is 1.45. The molecule has 0 amide bonds. The van der Waals surface area contributed by atoms with E-state index in [1.165, 1.54) is 0 Å². The van der Waals surface area contributed by atoms with Gasteiger partial charge in [-0.15, -0.1) is 20.2 Å². The normalized spacial score (nSPS) is 16.5. The Bertz CT molecular complexity index is 196. The molecule has 0 saturated carbocycles. The second-order valence-electron chi connectivity index (χ2n) is 1.93. The smallest absolute Gasteiger partial charge is 0.297 e. The molecule has 11 heteroatoms. The zero-order chi connectivity index (χ0) is 11.3. The van der Waals surface area contributed by atoms with E-state index in [9.17, 15) is 20.2 Å². The first-order valence-electron chi connectivity index (χ1n) is 3.01. The lowest BCUT2D eigenvalue weighted by Crippen LogP contribution is -2.42. The highest BCUT2D eigenvalue weighted by Crippen LogP contribution is 2.03. The standard InChI is InChI=1S/C3H6N2O9/c6-1(2(7)13-4(9)10)3(8)14-5(11)12/h1-3,6-8H. The fraction of sp³-hybridized carbons (Fsp3) is 1.00. The molecule has 0 saturated heterocycles. The van der Waals surface area contributed by atoms with Crippen molar-refractivity contribution < 1.29 is 35.2 Å². The Morgan fingerprint density at radius 1 is 0.929 bits per heavy atom. The summed E-state index contributed by atoms with van der Waals surface area (Å²) in [5.74, 6) is 0. The van der Waals surface area contributed by atoms with Crippen molar-refractivity contribution >= 4 is 0 Å². The summed E-state index contributed by atoms with van der Waals surface area (Å²) in [5.41, 5.74) is 0. The number of aliphatic hydroxyl groups is 3. The van der Waals surface area contributed by atoms with Crippen LogP contribution in [-0.4, -0.2) is 44.2 Å². The van der Waals surface area contributed by atoms with Crippen molar-refractivity contribution in [2.45, 2.75) is 18.7 Å². The summed E-state index contributed by atoms with van der Waals surface area (Å²) in [5, 5.41) is 42.2. The molecule has 3 N–H and O–H groups in total. The van der Waals surface area contributed by atoms with Gasteiger partial charge in [-0.05, 0) is 0 Å². The Balaban J connectivity index is 4.09. The van der Waals surface area contributed by atoms with Crippen molar-refractivity contribution in [3.8, 4) is 0 Å². The van der Waals surface area contributed by atoms with Crippen LogP contribution in [0.2, 0.25) is 0 Å². The third-order valence-corrected chi connectivity index (χ3v) is 0.972. The van der Waals surface area contributed by atoms with Crippen molar-refractivity contribution in [2.24, 2.45) is 0 Å². The monoisotopic (exact) mass is 214 g/mol. The number of aliphatic hydroxyl groups excluding tert-OH is 3. The molecule has 0 aliphatic carbocycles. The molecule has 0 aromatic rings. The Labute approximate surface area is 75.3 Å². The largest absolute Gasteiger partial charge is 0.383 e. The third kappa shape index (κ3) is 4.34. The molecule has 14 heavy (non-hydrogen) atoms. The molecule has 0 aromatic carbocycles. The third-order valence-electron chi connectivity index (χ3n) is 0.972. The van der Waals surface area contributed by atoms with Gasteiger partial charge in [-0.3, -0.25) is 9.68 Å². The van der Waals surface area contributed by atoms with Crippen LogP contribution in [0.5, 0.6) is 0 Å². The van der Waals surface area contributed by atoms with Crippen molar-refractivity contribution in [3.63, 3.8) is 0 Å². The van der Waals surface area contributed by atoms with E-state index in [4.69, 9.17) is 15.3 Å². The average Bonchev–Trinajstić information content (AvgIpc) is 2.00. The van der Waals surface area contributed by atoms with Gasteiger partial charge in [0, 0.05) is 0 Å². The van der Waals surface area contributed by atoms with Crippen molar-refractivity contribution in [3.05, 3.63) is 20.2 Å². The Morgan fingerprint density at radius 2 is 1.21 bits per heavy atom. The maximum absolute atomic E-state index is 9.61. The molecule has 0 radical (unpaired) electrons. The fourth-order valence-corrected chi connectivity index (χ4v) is 0.442. The van der Waals surface area contributed by atoms with Crippen LogP contribution >= 0.6 is 0 Å². The topological polar surface area (TPSA) is 165 Å². The molecule has 0 aromatic heterocycles. The van der Waals surface area contributed by atoms with Gasteiger partial charge in [-0.1, -0.05) is 0 Å². The molecule has 0 rings (SSSR count). The van der Waals surface area contributed by atoms with Crippen molar-refractivity contribution in [2.75, 3.05) is 0 Å². The van der Waals surface area contributed by atoms with E-state index < -0.39 is 28.9 Å². The summed E-state index contributed by atoms with van der Waals surface area (Å²) in [6.45, 7) is 0. The van der Waals surface area contributed by atoms with Gasteiger partial charge in [0.1, 0.15) is 0 Å². The molecule has 0 aliphatic rings. The molecule has 11 nitrogen and oxygen atoms in total. The molecule has 0 aliphatic heterocycles. The van der Waals surface area contributed by atoms with Crippen LogP contribution in [0.25, 0.3) is 0 Å². The SMILES string of the molecule is O=[N+]([O-])OC(O)C(O)C(O)O[N+](=O)[O-]. The molecular formula is C3H6N2O9. The quantitative estimate of drug-likeness (QED) is 0.244. The van der Waals surface area contributed by atoms with Crippen molar-refractivity contribution in [1.82, 2.24) is 0 Å². The number of rotatable bonds is 6. The summed E-state index contributed by atoms with van der Waals surface area (Å²) in [4.78, 5) is 26.0. The fourth-order valence-electron chi connectivity index (χ4n) is 0.442. The first-order valence-corrected chi connectivity index (χ1v) is 3.01. The number of hydrogen-bond donors (Lipinski definition) is 3. The summed E-state index contributed by atoms with van der Waals surface area (Å²) in [6, 6.07) is 0. The van der Waals surface area contributed by atoms with Gasteiger partial charge in [-0.25, -0.2) is 0 Å².